The summed E-state index contributed by atoms with van der Waals surface area (Å²) in [5, 5.41) is 0. The molecule has 1 aromatic rings. The lowest BCUT2D eigenvalue weighted by molar-refractivity contribution is -0.140. The van der Waals surface area contributed by atoms with Crippen LogP contribution in [0.2, 0.25) is 0 Å². The highest BCUT2D eigenvalue weighted by Gasteiger charge is 2.38. The number of rotatable bonds is 8. The van der Waals surface area contributed by atoms with E-state index in [1.165, 1.54) is 69.9 Å². The van der Waals surface area contributed by atoms with Gasteiger partial charge in [-0.05, 0) is 130 Å². The zero-order valence-electron chi connectivity index (χ0n) is 23.9. The van der Waals surface area contributed by atoms with Crippen molar-refractivity contribution < 1.29 is 22.3 Å². The van der Waals surface area contributed by atoms with Crippen molar-refractivity contribution in [2.75, 3.05) is 0 Å². The van der Waals surface area contributed by atoms with Gasteiger partial charge in [-0.1, -0.05) is 44.4 Å². The fraction of sp³-hybridized carbons (Fsp3) is 0.657. The summed E-state index contributed by atoms with van der Waals surface area (Å²) >= 11 is 0. The molecule has 0 N–H and O–H groups in total. The third kappa shape index (κ3) is 8.31. The number of hydrogen-bond acceptors (Lipinski definition) is 1. The summed E-state index contributed by atoms with van der Waals surface area (Å²) < 4.78 is 60.6. The van der Waals surface area contributed by atoms with Gasteiger partial charge in [-0.3, -0.25) is 0 Å². The fourth-order valence-electron chi connectivity index (χ4n) is 7.52. The third-order valence-electron chi connectivity index (χ3n) is 10.1. The molecule has 0 spiro atoms. The van der Waals surface area contributed by atoms with Crippen molar-refractivity contribution in [3.05, 3.63) is 41.2 Å². The van der Waals surface area contributed by atoms with Crippen molar-refractivity contribution in [2.45, 2.75) is 109 Å². The molecule has 3 saturated carbocycles. The molecule has 40 heavy (non-hydrogen) atoms. The minimum Gasteiger partial charge on any atom is -0.403 e. The Morgan fingerprint density at radius 3 is 1.95 bits per heavy atom. The Hall–Kier alpha value is -2.40. The molecule has 5 heteroatoms. The highest BCUT2D eigenvalue weighted by atomic mass is 19.4. The van der Waals surface area contributed by atoms with E-state index in [4.69, 9.17) is 11.2 Å². The predicted molar refractivity (Wildman–Crippen MR) is 153 cm³/mol. The molecule has 3 fully saturated rings. The van der Waals surface area contributed by atoms with E-state index in [2.05, 4.69) is 25.0 Å². The summed E-state index contributed by atoms with van der Waals surface area (Å²) in [6.45, 7) is 2.34. The van der Waals surface area contributed by atoms with Crippen LogP contribution in [-0.4, -0.2) is 0 Å². The van der Waals surface area contributed by atoms with Gasteiger partial charge in [0.15, 0.2) is 11.6 Å². The van der Waals surface area contributed by atoms with Crippen LogP contribution in [0.5, 0.6) is 5.75 Å². The van der Waals surface area contributed by atoms with Crippen LogP contribution in [-0.2, 0) is 12.6 Å². The molecule has 0 unspecified atom stereocenters. The fourth-order valence-corrected chi connectivity index (χ4v) is 7.52. The van der Waals surface area contributed by atoms with E-state index in [0.717, 1.165) is 43.4 Å². The molecule has 0 aromatic heterocycles. The second kappa shape index (κ2) is 14.5. The monoisotopic (exact) mass is 556 g/mol. The first-order chi connectivity index (χ1) is 19.3. The summed E-state index contributed by atoms with van der Waals surface area (Å²) in [6, 6.07) is 2.51. The minimum absolute atomic E-state index is 0.0294. The van der Waals surface area contributed by atoms with E-state index in [1.807, 2.05) is 12.0 Å². The third-order valence-corrected chi connectivity index (χ3v) is 10.1. The van der Waals surface area contributed by atoms with Gasteiger partial charge in [-0.2, -0.15) is 13.2 Å². The molecule has 0 radical (unpaired) electrons. The first kappa shape index (κ1) is 30.6. The zero-order valence-corrected chi connectivity index (χ0v) is 23.9. The van der Waals surface area contributed by atoms with Crippen LogP contribution in [0.3, 0.4) is 0 Å². The predicted octanol–water partition coefficient (Wildman–Crippen LogP) is 10.1. The smallest absolute Gasteiger partial charge is 0.403 e. The van der Waals surface area contributed by atoms with Gasteiger partial charge < -0.3 is 4.74 Å². The molecule has 1 nitrogen and oxygen atoms in total. The summed E-state index contributed by atoms with van der Waals surface area (Å²) in [6.07, 6.45) is 24.6. The molecule has 3 aliphatic rings. The molecule has 0 atom stereocenters. The van der Waals surface area contributed by atoms with Crippen molar-refractivity contribution in [3.63, 3.8) is 0 Å². The topological polar surface area (TPSA) is 9.23 Å². The molecule has 0 aliphatic heterocycles. The lowest BCUT2D eigenvalue weighted by Gasteiger charge is -2.37. The van der Waals surface area contributed by atoms with E-state index in [1.54, 1.807) is 0 Å². The van der Waals surface area contributed by atoms with Gasteiger partial charge in [-0.25, -0.2) is 4.39 Å². The lowest BCUT2D eigenvalue weighted by Crippen LogP contribution is -2.25. The van der Waals surface area contributed by atoms with Crippen molar-refractivity contribution in [1.82, 2.24) is 0 Å². The van der Waals surface area contributed by atoms with Crippen LogP contribution < -0.4 is 4.74 Å². The van der Waals surface area contributed by atoms with Gasteiger partial charge in [0.1, 0.15) is 6.11 Å². The van der Waals surface area contributed by atoms with Gasteiger partial charge in [0.25, 0.3) is 0 Å². The summed E-state index contributed by atoms with van der Waals surface area (Å²) in [5.74, 6) is 6.63. The van der Waals surface area contributed by atoms with Crippen LogP contribution in [0.15, 0.2) is 24.3 Å². The molecule has 0 amide bonds. The molecule has 0 saturated heterocycles. The summed E-state index contributed by atoms with van der Waals surface area (Å²) in [5.41, 5.74) is -1.29. The van der Waals surface area contributed by atoms with Crippen molar-refractivity contribution in [1.29, 1.82) is 0 Å². The van der Waals surface area contributed by atoms with Crippen LogP contribution in [0, 0.1) is 65.7 Å². The molecule has 4 rings (SSSR count). The Morgan fingerprint density at radius 2 is 1.40 bits per heavy atom. The Morgan fingerprint density at radius 1 is 0.850 bits per heavy atom. The highest BCUT2D eigenvalue weighted by molar-refractivity contribution is 5.40. The van der Waals surface area contributed by atoms with Gasteiger partial charge in [0, 0.05) is 5.92 Å². The number of benzene rings is 1. The van der Waals surface area contributed by atoms with Crippen LogP contribution in [0.4, 0.5) is 17.6 Å². The average Bonchev–Trinajstić information content (AvgIpc) is 2.96. The van der Waals surface area contributed by atoms with Crippen molar-refractivity contribution >= 4 is 0 Å². The van der Waals surface area contributed by atoms with E-state index in [0.29, 0.717) is 24.2 Å². The van der Waals surface area contributed by atoms with Crippen LogP contribution in [0.25, 0.3) is 0 Å². The number of allylic oxidation sites excluding steroid dienone is 2. The molecule has 1 aromatic carbocycles. The molecular formula is C35H44F4O. The van der Waals surface area contributed by atoms with Gasteiger partial charge >= 0.3 is 6.18 Å². The normalized spacial score (nSPS) is 29.4. The number of alkyl halides is 3. The van der Waals surface area contributed by atoms with Crippen LogP contribution >= 0.6 is 0 Å². The number of hydrogen-bond donors (Lipinski definition) is 0. The SMILES string of the molecule is C#CC#COc1ccc(CCC2CCC(/C=C/C3CCC(C4CCC(CC)CC4)CC3)CC2)c(C(F)(F)F)c1F. The summed E-state index contributed by atoms with van der Waals surface area (Å²) in [7, 11) is 0. The lowest BCUT2D eigenvalue weighted by atomic mass is 9.69. The molecule has 0 bridgehead atoms. The number of terminal acetylenes is 1. The first-order valence-electron chi connectivity index (χ1n) is 15.5. The van der Waals surface area contributed by atoms with Gasteiger partial charge in [0.2, 0.25) is 0 Å². The van der Waals surface area contributed by atoms with Gasteiger partial charge in [0.05, 0.1) is 5.56 Å². The highest BCUT2D eigenvalue weighted by Crippen LogP contribution is 2.43. The molecular weight excluding hydrogens is 512 g/mol. The van der Waals surface area contributed by atoms with Crippen LogP contribution in [0.1, 0.15) is 108 Å². The standard InChI is InChI=1S/C35H44F4O/c1-3-5-24-40-32-23-22-31(33(34(32)36)35(37,38)39)21-16-27-9-6-26(7-10-27)8-11-28-14-19-30(20-15-28)29-17-12-25(4-2)13-18-29/h1,8,11,22-23,25-30H,4,6-7,9-10,12-21H2,2H3/b11-8+. The molecule has 0 heterocycles. The average molecular weight is 557 g/mol. The number of halogens is 4. The Balaban J connectivity index is 1.21. The van der Waals surface area contributed by atoms with Crippen molar-refractivity contribution in [3.8, 4) is 30.1 Å². The second-order valence-corrected chi connectivity index (χ2v) is 12.5. The van der Waals surface area contributed by atoms with E-state index in [-0.39, 0.29) is 12.0 Å². The maximum Gasteiger partial charge on any atom is 0.419 e. The largest absolute Gasteiger partial charge is 0.419 e. The Labute approximate surface area is 238 Å². The van der Waals surface area contributed by atoms with E-state index < -0.39 is 23.3 Å². The van der Waals surface area contributed by atoms with Crippen molar-refractivity contribution in [2.24, 2.45) is 35.5 Å². The van der Waals surface area contributed by atoms with E-state index >= 15 is 0 Å². The quantitative estimate of drug-likeness (QED) is 0.176. The summed E-state index contributed by atoms with van der Waals surface area (Å²) in [4.78, 5) is 0. The zero-order chi connectivity index (χ0) is 28.5. The second-order valence-electron chi connectivity index (χ2n) is 12.5. The number of ether oxygens (including phenoxy) is 1. The van der Waals surface area contributed by atoms with Gasteiger partial charge in [-0.15, -0.1) is 6.42 Å². The minimum atomic E-state index is -4.81. The first-order valence-corrected chi connectivity index (χ1v) is 15.5. The maximum atomic E-state index is 14.7. The Bertz CT molecular complexity index is 1080. The molecule has 218 valence electrons. The maximum absolute atomic E-state index is 14.7. The van der Waals surface area contributed by atoms with E-state index in [9.17, 15) is 17.6 Å². The Kier molecular flexibility index (Phi) is 11.1. The number of aryl methyl sites for hydroxylation is 1. The molecule has 3 aliphatic carbocycles.